The zero-order valence-corrected chi connectivity index (χ0v) is 18.3. The van der Waals surface area contributed by atoms with Crippen molar-refractivity contribution in [3.8, 4) is 22.2 Å². The number of hydroxylamine groups is 2. The standard InChI is InChI=1S/C19H14Cl2N4O5S/c1-24(9-16(28)30-25-14(26)4-5-15(25)27)13-8-10(2-3-11(13)20)18-22-19(29-23-18)17-12(21)6-7-31-17/h2-3,6-8H,4-5,9H2,1H3. The Morgan fingerprint density at radius 1 is 1.23 bits per heavy atom. The normalized spacial score (nSPS) is 13.7. The lowest BCUT2D eigenvalue weighted by atomic mass is 10.2. The van der Waals surface area contributed by atoms with Crippen molar-refractivity contribution in [1.82, 2.24) is 15.2 Å². The van der Waals surface area contributed by atoms with Gasteiger partial charge >= 0.3 is 5.97 Å². The number of benzene rings is 1. The average Bonchev–Trinajstić information content (AvgIpc) is 3.45. The Kier molecular flexibility index (Phi) is 5.94. The molecule has 0 N–H and O–H groups in total. The van der Waals surface area contributed by atoms with Gasteiger partial charge in [-0.3, -0.25) is 9.59 Å². The Morgan fingerprint density at radius 2 is 1.97 bits per heavy atom. The number of nitrogens with zero attached hydrogens (tertiary/aromatic N) is 4. The first-order chi connectivity index (χ1) is 14.8. The molecule has 0 radical (unpaired) electrons. The summed E-state index contributed by atoms with van der Waals surface area (Å²) in [5, 5.41) is 7.20. The number of aromatic nitrogens is 2. The molecule has 31 heavy (non-hydrogen) atoms. The Bertz CT molecular complexity index is 1160. The van der Waals surface area contributed by atoms with Crippen LogP contribution in [-0.4, -0.2) is 46.6 Å². The van der Waals surface area contributed by atoms with Gasteiger partial charge < -0.3 is 14.3 Å². The van der Waals surface area contributed by atoms with E-state index in [0.29, 0.717) is 43.0 Å². The monoisotopic (exact) mass is 480 g/mol. The van der Waals surface area contributed by atoms with Gasteiger partial charge in [0, 0.05) is 25.5 Å². The number of anilines is 1. The van der Waals surface area contributed by atoms with Crippen LogP contribution in [0.2, 0.25) is 10.0 Å². The molecule has 1 fully saturated rings. The summed E-state index contributed by atoms with van der Waals surface area (Å²) < 4.78 is 5.31. The van der Waals surface area contributed by atoms with Crippen LogP contribution in [0.25, 0.3) is 22.2 Å². The number of likely N-dealkylation sites (N-methyl/N-ethyl adjacent to an activating group) is 1. The highest BCUT2D eigenvalue weighted by Gasteiger charge is 2.33. The van der Waals surface area contributed by atoms with Crippen molar-refractivity contribution in [3.63, 3.8) is 0 Å². The van der Waals surface area contributed by atoms with Crippen molar-refractivity contribution in [3.05, 3.63) is 39.7 Å². The summed E-state index contributed by atoms with van der Waals surface area (Å²) in [6.07, 6.45) is 0.0540. The topological polar surface area (TPSA) is 106 Å². The Balaban J connectivity index is 1.50. The maximum atomic E-state index is 12.2. The van der Waals surface area contributed by atoms with Crippen molar-refractivity contribution < 1.29 is 23.7 Å². The van der Waals surface area contributed by atoms with E-state index in [1.165, 1.54) is 16.2 Å². The SMILES string of the molecule is CN(CC(=O)ON1C(=O)CCC1=O)c1cc(-c2noc(-c3sccc3Cl)n2)ccc1Cl. The number of carbonyl (C=O) groups is 3. The maximum absolute atomic E-state index is 12.2. The molecule has 1 saturated heterocycles. The number of hydrogen-bond acceptors (Lipinski definition) is 9. The van der Waals surface area contributed by atoms with Crippen molar-refractivity contribution in [2.75, 3.05) is 18.5 Å². The third-order valence-electron chi connectivity index (χ3n) is 4.42. The van der Waals surface area contributed by atoms with Gasteiger partial charge in [0.1, 0.15) is 11.4 Å². The van der Waals surface area contributed by atoms with Crippen LogP contribution >= 0.6 is 34.5 Å². The maximum Gasteiger partial charge on any atom is 0.352 e. The largest absolute Gasteiger partial charge is 0.362 e. The van der Waals surface area contributed by atoms with E-state index in [2.05, 4.69) is 10.1 Å². The number of thiophene rings is 1. The van der Waals surface area contributed by atoms with Crippen LogP contribution in [0.15, 0.2) is 34.2 Å². The third-order valence-corrected chi connectivity index (χ3v) is 6.07. The highest BCUT2D eigenvalue weighted by molar-refractivity contribution is 7.14. The summed E-state index contributed by atoms with van der Waals surface area (Å²) in [6, 6.07) is 6.77. The van der Waals surface area contributed by atoms with Crippen molar-refractivity contribution >= 4 is 58.0 Å². The second kappa shape index (κ2) is 8.66. The van der Waals surface area contributed by atoms with Gasteiger partial charge in [-0.15, -0.1) is 16.4 Å². The van der Waals surface area contributed by atoms with Crippen LogP contribution in [-0.2, 0) is 19.2 Å². The van der Waals surface area contributed by atoms with Crippen LogP contribution < -0.4 is 4.90 Å². The van der Waals surface area contributed by atoms with Crippen LogP contribution in [0, 0.1) is 0 Å². The second-order valence-electron chi connectivity index (χ2n) is 6.59. The molecule has 3 aromatic rings. The summed E-state index contributed by atoms with van der Waals surface area (Å²) in [5.41, 5.74) is 1.10. The molecule has 12 heteroatoms. The van der Waals surface area contributed by atoms with E-state index >= 15 is 0 Å². The molecule has 9 nitrogen and oxygen atoms in total. The number of imide groups is 1. The number of carbonyl (C=O) groups excluding carboxylic acids is 3. The van der Waals surface area contributed by atoms with Gasteiger partial charge in [-0.1, -0.05) is 28.4 Å². The molecule has 0 aliphatic carbocycles. The molecule has 1 aliphatic rings. The van der Waals surface area contributed by atoms with Crippen molar-refractivity contribution in [2.45, 2.75) is 12.8 Å². The van der Waals surface area contributed by atoms with Gasteiger partial charge in [0.05, 0.1) is 15.7 Å². The zero-order chi connectivity index (χ0) is 22.1. The van der Waals surface area contributed by atoms with Crippen LogP contribution in [0.4, 0.5) is 5.69 Å². The van der Waals surface area contributed by atoms with E-state index in [9.17, 15) is 14.4 Å². The quantitative estimate of drug-likeness (QED) is 0.490. The highest BCUT2D eigenvalue weighted by atomic mass is 35.5. The van der Waals surface area contributed by atoms with Crippen LogP contribution in [0.5, 0.6) is 0 Å². The number of halogens is 2. The lowest BCUT2D eigenvalue weighted by molar-refractivity contribution is -0.196. The smallest absolute Gasteiger partial charge is 0.352 e. The molecule has 4 rings (SSSR count). The second-order valence-corrected chi connectivity index (χ2v) is 8.32. The molecular weight excluding hydrogens is 467 g/mol. The predicted molar refractivity (Wildman–Crippen MR) is 114 cm³/mol. The van der Waals surface area contributed by atoms with E-state index in [1.54, 1.807) is 31.3 Å². The molecule has 2 aromatic heterocycles. The zero-order valence-electron chi connectivity index (χ0n) is 16.0. The van der Waals surface area contributed by atoms with E-state index in [0.717, 1.165) is 0 Å². The Hall–Kier alpha value is -2.95. The molecule has 2 amide bonds. The first-order valence-corrected chi connectivity index (χ1v) is 10.6. The van der Waals surface area contributed by atoms with E-state index in [1.807, 2.05) is 5.38 Å². The number of hydrogen-bond donors (Lipinski definition) is 0. The summed E-state index contributed by atoms with van der Waals surface area (Å²) in [7, 11) is 1.62. The summed E-state index contributed by atoms with van der Waals surface area (Å²) in [4.78, 5) is 46.9. The van der Waals surface area contributed by atoms with E-state index in [-0.39, 0.29) is 19.4 Å². The van der Waals surface area contributed by atoms with Gasteiger partial charge in [0.2, 0.25) is 5.82 Å². The third kappa shape index (κ3) is 4.41. The number of amides is 2. The molecular formula is C19H14Cl2N4O5S. The van der Waals surface area contributed by atoms with Gasteiger partial charge in [0.25, 0.3) is 17.7 Å². The van der Waals surface area contributed by atoms with Crippen molar-refractivity contribution in [2.24, 2.45) is 0 Å². The fourth-order valence-corrected chi connectivity index (χ4v) is 4.21. The minimum absolute atomic E-state index is 0.0270. The molecule has 1 aromatic carbocycles. The average molecular weight is 481 g/mol. The van der Waals surface area contributed by atoms with Gasteiger partial charge in [-0.05, 0) is 29.6 Å². The Morgan fingerprint density at radius 3 is 2.65 bits per heavy atom. The van der Waals surface area contributed by atoms with Crippen LogP contribution in [0.3, 0.4) is 0 Å². The van der Waals surface area contributed by atoms with E-state index in [4.69, 9.17) is 32.6 Å². The first kappa shape index (κ1) is 21.3. The van der Waals surface area contributed by atoms with Crippen LogP contribution in [0.1, 0.15) is 12.8 Å². The van der Waals surface area contributed by atoms with Gasteiger partial charge in [-0.2, -0.15) is 4.98 Å². The number of rotatable bonds is 6. The lowest BCUT2D eigenvalue weighted by Crippen LogP contribution is -2.36. The van der Waals surface area contributed by atoms with Gasteiger partial charge in [-0.25, -0.2) is 4.79 Å². The molecule has 160 valence electrons. The Labute approximate surface area is 190 Å². The molecule has 0 saturated carbocycles. The molecule has 3 heterocycles. The first-order valence-electron chi connectivity index (χ1n) is 8.98. The molecule has 0 bridgehead atoms. The lowest BCUT2D eigenvalue weighted by Gasteiger charge is -2.21. The molecule has 0 spiro atoms. The highest BCUT2D eigenvalue weighted by Crippen LogP contribution is 2.34. The molecule has 0 unspecified atom stereocenters. The van der Waals surface area contributed by atoms with Gasteiger partial charge in [0.15, 0.2) is 0 Å². The van der Waals surface area contributed by atoms with Crippen molar-refractivity contribution in [1.29, 1.82) is 0 Å². The molecule has 0 atom stereocenters. The molecule has 1 aliphatic heterocycles. The fraction of sp³-hybridized carbons (Fsp3) is 0.211. The fourth-order valence-electron chi connectivity index (χ4n) is 2.89. The van der Waals surface area contributed by atoms with E-state index < -0.39 is 17.8 Å². The summed E-state index contributed by atoms with van der Waals surface area (Å²) in [5.74, 6) is -1.24. The summed E-state index contributed by atoms with van der Waals surface area (Å²) in [6.45, 7) is -0.247. The predicted octanol–water partition coefficient (Wildman–Crippen LogP) is 3.82. The summed E-state index contributed by atoms with van der Waals surface area (Å²) >= 11 is 13.8. The minimum atomic E-state index is -0.776. The minimum Gasteiger partial charge on any atom is -0.362 e.